The van der Waals surface area contributed by atoms with Crippen LogP contribution in [0.25, 0.3) is 0 Å². The molecule has 3 rings (SSSR count). The monoisotopic (exact) mass is 306 g/mol. The van der Waals surface area contributed by atoms with Crippen molar-refractivity contribution in [3.05, 3.63) is 47.8 Å². The van der Waals surface area contributed by atoms with Crippen molar-refractivity contribution in [2.75, 3.05) is 0 Å². The molecule has 1 aliphatic heterocycles. The van der Waals surface area contributed by atoms with Crippen LogP contribution in [0.4, 0.5) is 4.39 Å². The van der Waals surface area contributed by atoms with Crippen LogP contribution >= 0.6 is 23.5 Å². The molecule has 0 saturated carbocycles. The number of carbonyl (C=O) groups is 1. The van der Waals surface area contributed by atoms with Gasteiger partial charge in [0.2, 0.25) is 0 Å². The van der Waals surface area contributed by atoms with Crippen LogP contribution in [0.5, 0.6) is 0 Å². The minimum atomic E-state index is -0.843. The molecule has 1 aliphatic rings. The van der Waals surface area contributed by atoms with Crippen molar-refractivity contribution in [1.82, 2.24) is 0 Å². The summed E-state index contributed by atoms with van der Waals surface area (Å²) >= 11 is 3.07. The minimum absolute atomic E-state index is 0.254. The molecule has 2 aromatic rings. The second-order valence-electron chi connectivity index (χ2n) is 4.56. The number of carboxylic acids is 1. The molecule has 1 heterocycles. The van der Waals surface area contributed by atoms with E-state index in [1.165, 1.54) is 23.9 Å². The number of fused-ring (bicyclic) bond motifs is 2. The Labute approximate surface area is 124 Å². The lowest BCUT2D eigenvalue weighted by Gasteiger charge is -2.19. The molecular weight excluding hydrogens is 295 g/mol. The highest BCUT2D eigenvalue weighted by Gasteiger charge is 2.20. The molecule has 1 unspecified atom stereocenters. The fraction of sp³-hybridized carbons (Fsp3) is 0.133. The predicted molar refractivity (Wildman–Crippen MR) is 77.1 cm³/mol. The Morgan fingerprint density at radius 2 is 1.65 bits per heavy atom. The Morgan fingerprint density at radius 1 is 1.05 bits per heavy atom. The third-order valence-electron chi connectivity index (χ3n) is 3.18. The lowest BCUT2D eigenvalue weighted by atomic mass is 10.0. The van der Waals surface area contributed by atoms with Crippen LogP contribution < -0.4 is 0 Å². The van der Waals surface area contributed by atoms with Crippen molar-refractivity contribution in [3.8, 4) is 0 Å². The van der Waals surface area contributed by atoms with Crippen LogP contribution in [0.2, 0.25) is 0 Å². The molecule has 0 amide bonds. The highest BCUT2D eigenvalue weighted by Crippen LogP contribution is 2.49. The molecule has 2 aromatic carbocycles. The highest BCUT2D eigenvalue weighted by molar-refractivity contribution is 8.05. The van der Waals surface area contributed by atoms with Crippen molar-refractivity contribution in [3.63, 3.8) is 0 Å². The second-order valence-corrected chi connectivity index (χ2v) is 6.73. The van der Waals surface area contributed by atoms with Gasteiger partial charge in [0.15, 0.2) is 0 Å². The molecule has 0 saturated heterocycles. The van der Waals surface area contributed by atoms with E-state index >= 15 is 0 Å². The molecule has 1 N–H and O–H groups in total. The van der Waals surface area contributed by atoms with E-state index in [9.17, 15) is 9.18 Å². The fourth-order valence-electron chi connectivity index (χ4n) is 1.98. The molecule has 1 atom stereocenters. The van der Waals surface area contributed by atoms with Crippen molar-refractivity contribution in [2.24, 2.45) is 0 Å². The van der Waals surface area contributed by atoms with Crippen LogP contribution in [0, 0.1) is 5.82 Å². The number of carboxylic acid groups (broad SMARTS) is 1. The smallest absolute Gasteiger partial charge is 0.310 e. The normalized spacial score (nSPS) is 14.3. The molecule has 0 aliphatic carbocycles. The molecule has 0 spiro atoms. The Hall–Kier alpha value is -1.46. The molecule has 20 heavy (non-hydrogen) atoms. The summed E-state index contributed by atoms with van der Waals surface area (Å²) in [6.07, 6.45) is 0. The van der Waals surface area contributed by atoms with Gasteiger partial charge in [0.05, 0.1) is 5.92 Å². The Kier molecular flexibility index (Phi) is 3.48. The Morgan fingerprint density at radius 3 is 2.35 bits per heavy atom. The zero-order chi connectivity index (χ0) is 14.3. The van der Waals surface area contributed by atoms with Crippen LogP contribution in [0.3, 0.4) is 0 Å². The standard InChI is InChI=1S/C15H11FO2S2/c1-8(15(17)18)9-2-4-11-13(6-9)20-14-7-10(16)3-5-12(14)19-11/h2-8H,1H3,(H,17,18). The van der Waals surface area contributed by atoms with Gasteiger partial charge in [-0.1, -0.05) is 29.6 Å². The van der Waals surface area contributed by atoms with Gasteiger partial charge in [0, 0.05) is 19.6 Å². The summed E-state index contributed by atoms with van der Waals surface area (Å²) in [5.74, 6) is -1.64. The van der Waals surface area contributed by atoms with Crippen LogP contribution in [-0.2, 0) is 4.79 Å². The zero-order valence-corrected chi connectivity index (χ0v) is 12.2. The number of aliphatic carboxylic acids is 1. The van der Waals surface area contributed by atoms with E-state index in [2.05, 4.69) is 0 Å². The third-order valence-corrected chi connectivity index (χ3v) is 5.71. The van der Waals surface area contributed by atoms with Crippen LogP contribution in [0.15, 0.2) is 56.0 Å². The summed E-state index contributed by atoms with van der Waals surface area (Å²) in [7, 11) is 0. The number of hydrogen-bond donors (Lipinski definition) is 1. The van der Waals surface area contributed by atoms with Crippen molar-refractivity contribution in [2.45, 2.75) is 32.4 Å². The number of benzene rings is 2. The van der Waals surface area contributed by atoms with Gasteiger partial charge in [-0.3, -0.25) is 4.79 Å². The lowest BCUT2D eigenvalue weighted by molar-refractivity contribution is -0.138. The summed E-state index contributed by atoms with van der Waals surface area (Å²) in [4.78, 5) is 15.0. The van der Waals surface area contributed by atoms with E-state index in [0.29, 0.717) is 0 Å². The maximum Gasteiger partial charge on any atom is 0.310 e. The summed E-state index contributed by atoms with van der Waals surface area (Å²) in [6.45, 7) is 1.66. The summed E-state index contributed by atoms with van der Waals surface area (Å²) < 4.78 is 13.3. The fourth-order valence-corrected chi connectivity index (χ4v) is 4.25. The van der Waals surface area contributed by atoms with Gasteiger partial charge in [-0.05, 0) is 42.8 Å². The van der Waals surface area contributed by atoms with Gasteiger partial charge in [-0.2, -0.15) is 0 Å². The van der Waals surface area contributed by atoms with Crippen LogP contribution in [0.1, 0.15) is 18.4 Å². The van der Waals surface area contributed by atoms with E-state index < -0.39 is 11.9 Å². The third kappa shape index (κ3) is 2.43. The first-order valence-electron chi connectivity index (χ1n) is 6.06. The average Bonchev–Trinajstić information content (AvgIpc) is 2.43. The first kappa shape index (κ1) is 13.5. The number of hydrogen-bond acceptors (Lipinski definition) is 3. The molecule has 0 fully saturated rings. The molecule has 5 heteroatoms. The quantitative estimate of drug-likeness (QED) is 0.749. The SMILES string of the molecule is CC(C(=O)O)c1ccc2c(c1)Sc1cc(F)ccc1S2. The molecule has 0 radical (unpaired) electrons. The van der Waals surface area contributed by atoms with Crippen molar-refractivity contribution < 1.29 is 14.3 Å². The summed E-state index contributed by atoms with van der Waals surface area (Å²) in [5, 5.41) is 9.07. The van der Waals surface area contributed by atoms with Gasteiger partial charge in [-0.25, -0.2) is 4.39 Å². The molecule has 2 nitrogen and oxygen atoms in total. The maximum atomic E-state index is 13.3. The average molecular weight is 306 g/mol. The van der Waals surface area contributed by atoms with E-state index in [1.807, 2.05) is 18.2 Å². The molecule has 102 valence electrons. The van der Waals surface area contributed by atoms with Gasteiger partial charge in [0.25, 0.3) is 0 Å². The summed E-state index contributed by atoms with van der Waals surface area (Å²) in [5.41, 5.74) is 0.768. The topological polar surface area (TPSA) is 37.3 Å². The van der Waals surface area contributed by atoms with Gasteiger partial charge < -0.3 is 5.11 Å². The molecule has 0 aromatic heterocycles. The zero-order valence-electron chi connectivity index (χ0n) is 10.6. The van der Waals surface area contributed by atoms with Gasteiger partial charge >= 0.3 is 5.97 Å². The number of halogens is 1. The predicted octanol–water partition coefficient (Wildman–Crippen LogP) is 4.63. The lowest BCUT2D eigenvalue weighted by Crippen LogP contribution is -2.07. The van der Waals surface area contributed by atoms with Gasteiger partial charge in [0.1, 0.15) is 5.82 Å². The van der Waals surface area contributed by atoms with E-state index in [0.717, 1.165) is 25.1 Å². The van der Waals surface area contributed by atoms with E-state index in [-0.39, 0.29) is 5.82 Å². The minimum Gasteiger partial charge on any atom is -0.481 e. The number of rotatable bonds is 2. The van der Waals surface area contributed by atoms with Gasteiger partial charge in [-0.15, -0.1) is 0 Å². The van der Waals surface area contributed by atoms with Crippen LogP contribution in [-0.4, -0.2) is 11.1 Å². The maximum absolute atomic E-state index is 13.3. The highest BCUT2D eigenvalue weighted by atomic mass is 32.2. The molecule has 0 bridgehead atoms. The second kappa shape index (κ2) is 5.14. The Bertz CT molecular complexity index is 700. The van der Waals surface area contributed by atoms with Crippen molar-refractivity contribution >= 4 is 29.5 Å². The summed E-state index contributed by atoms with van der Waals surface area (Å²) in [6, 6.07) is 10.4. The Balaban J connectivity index is 1.99. The van der Waals surface area contributed by atoms with E-state index in [4.69, 9.17) is 5.11 Å². The van der Waals surface area contributed by atoms with E-state index in [1.54, 1.807) is 24.8 Å². The first-order valence-corrected chi connectivity index (χ1v) is 7.70. The first-order chi connectivity index (χ1) is 9.54. The van der Waals surface area contributed by atoms with Crippen molar-refractivity contribution in [1.29, 1.82) is 0 Å². The largest absolute Gasteiger partial charge is 0.481 e. The molecular formula is C15H11FO2S2.